The Balaban J connectivity index is 1.11. The minimum atomic E-state index is 0.505. The average molecular weight is 621 g/mol. The number of hydrogen-bond acceptors (Lipinski definition) is 4. The Kier molecular flexibility index (Phi) is 6.47. The molecule has 1 amide bonds. The molecule has 7 heteroatoms. The number of para-hydroxylation sites is 6. The van der Waals surface area contributed by atoms with Crippen LogP contribution in [0.4, 0.5) is 23.0 Å². The molecular weight excluding hydrogens is 592 g/mol. The van der Waals surface area contributed by atoms with Gasteiger partial charge in [-0.05, 0) is 60.7 Å². The van der Waals surface area contributed by atoms with E-state index in [-0.39, 0.29) is 0 Å². The zero-order chi connectivity index (χ0) is 32.0. The molecule has 0 atom stereocenters. The number of hydrogen-bond donors (Lipinski definition) is 1. The number of carbonyl (C=O) groups excluding carboxylic acids is 1. The van der Waals surface area contributed by atoms with Crippen molar-refractivity contribution in [3.63, 3.8) is 0 Å². The minimum Gasteiger partial charge on any atom is -0.338 e. The summed E-state index contributed by atoms with van der Waals surface area (Å²) in [6.45, 7) is 0. The molecule has 7 nitrogen and oxygen atoms in total. The number of aromatic nitrogens is 4. The molecule has 0 bridgehead atoms. The van der Waals surface area contributed by atoms with E-state index in [1.807, 2.05) is 84.9 Å². The van der Waals surface area contributed by atoms with Crippen molar-refractivity contribution in [2.45, 2.75) is 0 Å². The van der Waals surface area contributed by atoms with Crippen molar-refractivity contribution >= 4 is 73.0 Å². The first-order valence-electron chi connectivity index (χ1n) is 15.8. The number of fused-ring (bicyclic) bond motifs is 6. The van der Waals surface area contributed by atoms with Crippen LogP contribution in [0.5, 0.6) is 0 Å². The zero-order valence-corrected chi connectivity index (χ0v) is 25.7. The highest BCUT2D eigenvalue weighted by molar-refractivity contribution is 6.10. The van der Waals surface area contributed by atoms with Gasteiger partial charge in [-0.15, -0.1) is 0 Å². The van der Waals surface area contributed by atoms with Gasteiger partial charge in [0.1, 0.15) is 23.3 Å². The van der Waals surface area contributed by atoms with Crippen LogP contribution in [0.1, 0.15) is 0 Å². The average Bonchev–Trinajstić information content (AvgIpc) is 3.66. The summed E-state index contributed by atoms with van der Waals surface area (Å²) in [7, 11) is 0. The quantitative estimate of drug-likeness (QED) is 0.180. The number of benzene rings is 5. The number of pyridine rings is 2. The summed E-state index contributed by atoms with van der Waals surface area (Å²) >= 11 is 0. The SMILES string of the molecule is O=CN(c1cccc(-n2c3ccccc3c3ccccc32)n1)c1ccccc1Nc1cccc(-n2c3ccccc3c3ccccc32)n1. The Morgan fingerprint density at radius 1 is 0.479 bits per heavy atom. The van der Waals surface area contributed by atoms with Gasteiger partial charge in [0.25, 0.3) is 0 Å². The number of anilines is 4. The summed E-state index contributed by atoms with van der Waals surface area (Å²) in [5.74, 6) is 2.68. The molecule has 0 saturated carbocycles. The molecule has 0 unspecified atom stereocenters. The van der Waals surface area contributed by atoms with Crippen molar-refractivity contribution < 1.29 is 4.79 Å². The molecule has 228 valence electrons. The lowest BCUT2D eigenvalue weighted by Crippen LogP contribution is -2.17. The molecule has 0 aliphatic heterocycles. The first kappa shape index (κ1) is 27.6. The Bertz CT molecular complexity index is 2550. The van der Waals surface area contributed by atoms with E-state index in [2.05, 4.69) is 87.2 Å². The van der Waals surface area contributed by atoms with Crippen molar-refractivity contribution in [2.24, 2.45) is 0 Å². The number of carbonyl (C=O) groups is 1. The van der Waals surface area contributed by atoms with Crippen LogP contribution in [0.2, 0.25) is 0 Å². The van der Waals surface area contributed by atoms with Crippen LogP contribution >= 0.6 is 0 Å². The van der Waals surface area contributed by atoms with Gasteiger partial charge in [-0.25, -0.2) is 9.97 Å². The first-order valence-corrected chi connectivity index (χ1v) is 15.8. The molecule has 9 aromatic rings. The highest BCUT2D eigenvalue weighted by Crippen LogP contribution is 2.36. The van der Waals surface area contributed by atoms with Gasteiger partial charge < -0.3 is 5.32 Å². The molecule has 0 spiro atoms. The molecule has 5 aromatic carbocycles. The van der Waals surface area contributed by atoms with Crippen LogP contribution in [0.25, 0.3) is 55.2 Å². The van der Waals surface area contributed by atoms with E-state index in [1.54, 1.807) is 4.90 Å². The molecule has 1 N–H and O–H groups in total. The van der Waals surface area contributed by atoms with Gasteiger partial charge in [0, 0.05) is 21.5 Å². The third-order valence-corrected chi connectivity index (χ3v) is 8.85. The van der Waals surface area contributed by atoms with Gasteiger partial charge in [0.15, 0.2) is 0 Å². The van der Waals surface area contributed by atoms with Gasteiger partial charge in [-0.2, -0.15) is 0 Å². The molecule has 4 heterocycles. The summed E-state index contributed by atoms with van der Waals surface area (Å²) in [5, 5.41) is 8.14. The number of rotatable bonds is 7. The Morgan fingerprint density at radius 3 is 1.48 bits per heavy atom. The van der Waals surface area contributed by atoms with Crippen LogP contribution < -0.4 is 10.2 Å². The molecule has 0 fully saturated rings. The number of nitrogens with one attached hydrogen (secondary N) is 1. The topological polar surface area (TPSA) is 68.0 Å². The summed E-state index contributed by atoms with van der Waals surface area (Å²) in [6.07, 6.45) is 0.806. The van der Waals surface area contributed by atoms with Gasteiger partial charge in [-0.3, -0.25) is 18.8 Å². The summed E-state index contributed by atoms with van der Waals surface area (Å²) in [6, 6.07) is 52.8. The lowest BCUT2D eigenvalue weighted by Gasteiger charge is -2.21. The molecule has 0 radical (unpaired) electrons. The van der Waals surface area contributed by atoms with Crippen molar-refractivity contribution in [3.05, 3.63) is 158 Å². The van der Waals surface area contributed by atoms with Gasteiger partial charge >= 0.3 is 0 Å². The third kappa shape index (κ3) is 4.40. The predicted molar refractivity (Wildman–Crippen MR) is 195 cm³/mol. The van der Waals surface area contributed by atoms with E-state index in [0.29, 0.717) is 17.3 Å². The van der Waals surface area contributed by atoms with E-state index >= 15 is 0 Å². The highest BCUT2D eigenvalue weighted by Gasteiger charge is 2.18. The van der Waals surface area contributed by atoms with Gasteiger partial charge in [0.05, 0.1) is 33.4 Å². The van der Waals surface area contributed by atoms with Crippen molar-refractivity contribution in [1.29, 1.82) is 0 Å². The van der Waals surface area contributed by atoms with Gasteiger partial charge in [-0.1, -0.05) is 97.1 Å². The normalized spacial score (nSPS) is 11.4. The largest absolute Gasteiger partial charge is 0.338 e. The molecule has 4 aromatic heterocycles. The second-order valence-electron chi connectivity index (χ2n) is 11.6. The maximum absolute atomic E-state index is 12.8. The van der Waals surface area contributed by atoms with Crippen LogP contribution in [-0.4, -0.2) is 25.5 Å². The zero-order valence-electron chi connectivity index (χ0n) is 25.7. The monoisotopic (exact) mass is 620 g/mol. The van der Waals surface area contributed by atoms with E-state index in [1.165, 1.54) is 10.8 Å². The molecule has 48 heavy (non-hydrogen) atoms. The molecular formula is C41H28N6O. The van der Waals surface area contributed by atoms with E-state index in [0.717, 1.165) is 56.6 Å². The van der Waals surface area contributed by atoms with E-state index < -0.39 is 0 Å². The predicted octanol–water partition coefficient (Wildman–Crippen LogP) is 9.71. The maximum Gasteiger partial charge on any atom is 0.219 e. The van der Waals surface area contributed by atoms with Crippen LogP contribution in [0.3, 0.4) is 0 Å². The Hall–Kier alpha value is -6.73. The summed E-state index contributed by atoms with van der Waals surface area (Å²) < 4.78 is 4.33. The lowest BCUT2D eigenvalue weighted by atomic mass is 10.2. The lowest BCUT2D eigenvalue weighted by molar-refractivity contribution is -0.106. The van der Waals surface area contributed by atoms with Crippen molar-refractivity contribution in [3.8, 4) is 11.6 Å². The fraction of sp³-hybridized carbons (Fsp3) is 0. The fourth-order valence-corrected chi connectivity index (χ4v) is 6.79. The van der Waals surface area contributed by atoms with Crippen LogP contribution in [0, 0.1) is 0 Å². The Labute approximate surface area is 276 Å². The third-order valence-electron chi connectivity index (χ3n) is 8.85. The molecule has 9 rings (SSSR count). The number of nitrogens with zero attached hydrogens (tertiary/aromatic N) is 5. The smallest absolute Gasteiger partial charge is 0.219 e. The van der Waals surface area contributed by atoms with Crippen molar-refractivity contribution in [1.82, 2.24) is 19.1 Å². The van der Waals surface area contributed by atoms with E-state index in [9.17, 15) is 4.79 Å². The second-order valence-corrected chi connectivity index (χ2v) is 11.6. The molecule has 0 saturated heterocycles. The summed E-state index contributed by atoms with van der Waals surface area (Å²) in [4.78, 5) is 24.5. The Morgan fingerprint density at radius 2 is 0.938 bits per heavy atom. The highest BCUT2D eigenvalue weighted by atomic mass is 16.1. The molecule has 0 aliphatic carbocycles. The number of amides is 1. The molecule has 0 aliphatic rings. The van der Waals surface area contributed by atoms with Crippen LogP contribution in [0.15, 0.2) is 158 Å². The fourth-order valence-electron chi connectivity index (χ4n) is 6.79. The van der Waals surface area contributed by atoms with Crippen LogP contribution in [-0.2, 0) is 4.79 Å². The summed E-state index contributed by atoms with van der Waals surface area (Å²) in [5.41, 5.74) is 5.66. The maximum atomic E-state index is 12.8. The van der Waals surface area contributed by atoms with Gasteiger partial charge in [0.2, 0.25) is 6.41 Å². The second kappa shape index (κ2) is 11.3. The standard InChI is InChI=1S/C41H28N6O/c48-27-45(39-24-12-26-41(44-39)47-35-20-8-3-15-30(35)31-16-4-9-21-36(31)47)37-22-10-5-17-32(37)42-38-23-11-25-40(43-38)46-33-18-6-1-13-28(33)29-14-2-7-19-34(29)46/h1-27H,(H,42,43). The van der Waals surface area contributed by atoms with Crippen molar-refractivity contribution in [2.75, 3.05) is 10.2 Å². The van der Waals surface area contributed by atoms with E-state index in [4.69, 9.17) is 9.97 Å². The first-order chi connectivity index (χ1) is 23.8. The minimum absolute atomic E-state index is 0.505.